The van der Waals surface area contributed by atoms with Crippen LogP contribution in [-0.2, 0) is 6.42 Å². The fraction of sp³-hybridized carbons (Fsp3) is 0.300. The number of H-pyrrole nitrogens is 1. The molecular weight excluding hydrogens is 180 g/mol. The highest BCUT2D eigenvalue weighted by atomic mass is 32.1. The highest BCUT2D eigenvalue weighted by Crippen LogP contribution is 2.40. The molecule has 0 radical (unpaired) electrons. The summed E-state index contributed by atoms with van der Waals surface area (Å²) in [6.45, 7) is 4.17. The van der Waals surface area contributed by atoms with Crippen molar-refractivity contribution >= 4 is 11.3 Å². The molecule has 1 aliphatic carbocycles. The van der Waals surface area contributed by atoms with Gasteiger partial charge in [0.25, 0.3) is 0 Å². The third-order valence-corrected chi connectivity index (χ3v) is 3.51. The Morgan fingerprint density at radius 2 is 2.31 bits per heavy atom. The van der Waals surface area contributed by atoms with E-state index in [1.54, 1.807) is 0 Å². The van der Waals surface area contributed by atoms with E-state index in [1.807, 2.05) is 18.3 Å². The number of aromatic nitrogens is 2. The quantitative estimate of drug-likeness (QED) is 0.580. The number of aryl methyl sites for hydroxylation is 2. The van der Waals surface area contributed by atoms with E-state index in [0.29, 0.717) is 0 Å². The van der Waals surface area contributed by atoms with Crippen LogP contribution in [0.25, 0.3) is 10.6 Å². The molecule has 3 heteroatoms. The Balaban J connectivity index is 2.28. The summed E-state index contributed by atoms with van der Waals surface area (Å²) in [5, 5.41) is 0. The van der Waals surface area contributed by atoms with Crippen LogP contribution in [0, 0.1) is 13.8 Å². The predicted molar refractivity (Wildman–Crippen MR) is 54.2 cm³/mol. The van der Waals surface area contributed by atoms with Crippen LogP contribution >= 0.6 is 11.3 Å². The predicted octanol–water partition coefficient (Wildman–Crippen LogP) is 2.66. The summed E-state index contributed by atoms with van der Waals surface area (Å²) in [6.07, 6.45) is 1.04. The topological polar surface area (TPSA) is 28.7 Å². The first-order valence-corrected chi connectivity index (χ1v) is 5.21. The molecule has 2 aromatic rings. The number of fused-ring (bicyclic) bond motifs is 3. The van der Waals surface area contributed by atoms with E-state index in [1.165, 1.54) is 26.7 Å². The molecule has 0 unspecified atom stereocenters. The third kappa shape index (κ3) is 0.907. The van der Waals surface area contributed by atoms with Crippen molar-refractivity contribution in [2.75, 3.05) is 0 Å². The standard InChI is InChI=1S/C10H10N2S/c1-5-3-7-4-8-9(10(7)13-5)12-6(2)11-8/h3H,4H2,1-2H3,(H,11,12). The fourth-order valence-electron chi connectivity index (χ4n) is 1.95. The Bertz CT molecular complexity index is 435. The zero-order chi connectivity index (χ0) is 9.00. The van der Waals surface area contributed by atoms with Crippen molar-refractivity contribution in [3.05, 3.63) is 28.0 Å². The Hall–Kier alpha value is -1.09. The molecule has 0 bridgehead atoms. The maximum Gasteiger partial charge on any atom is 0.103 e. The molecule has 0 spiro atoms. The molecule has 66 valence electrons. The minimum atomic E-state index is 1.03. The van der Waals surface area contributed by atoms with Crippen molar-refractivity contribution in [3.8, 4) is 10.6 Å². The van der Waals surface area contributed by atoms with Gasteiger partial charge in [0.1, 0.15) is 11.5 Å². The summed E-state index contributed by atoms with van der Waals surface area (Å²) in [7, 11) is 0. The lowest BCUT2D eigenvalue weighted by Gasteiger charge is -1.86. The Labute approximate surface area is 80.6 Å². The molecule has 0 fully saturated rings. The van der Waals surface area contributed by atoms with Crippen molar-refractivity contribution in [3.63, 3.8) is 0 Å². The molecule has 0 aromatic carbocycles. The van der Waals surface area contributed by atoms with E-state index in [-0.39, 0.29) is 0 Å². The second-order valence-corrected chi connectivity index (χ2v) is 4.79. The molecular formula is C10H10N2S. The number of hydrogen-bond donors (Lipinski definition) is 1. The van der Waals surface area contributed by atoms with Crippen LogP contribution in [0.15, 0.2) is 6.07 Å². The van der Waals surface area contributed by atoms with Gasteiger partial charge in [-0.2, -0.15) is 0 Å². The van der Waals surface area contributed by atoms with E-state index in [2.05, 4.69) is 23.0 Å². The maximum absolute atomic E-state index is 4.50. The van der Waals surface area contributed by atoms with Crippen LogP contribution in [-0.4, -0.2) is 9.97 Å². The van der Waals surface area contributed by atoms with Crippen LogP contribution < -0.4 is 0 Å². The van der Waals surface area contributed by atoms with Crippen LogP contribution in [0.3, 0.4) is 0 Å². The van der Waals surface area contributed by atoms with E-state index in [4.69, 9.17) is 0 Å². The van der Waals surface area contributed by atoms with Gasteiger partial charge in [-0.15, -0.1) is 11.3 Å². The van der Waals surface area contributed by atoms with Crippen LogP contribution in [0.4, 0.5) is 0 Å². The molecule has 3 rings (SSSR count). The Kier molecular flexibility index (Phi) is 1.26. The highest BCUT2D eigenvalue weighted by Gasteiger charge is 2.23. The van der Waals surface area contributed by atoms with Gasteiger partial charge >= 0.3 is 0 Å². The molecule has 2 heterocycles. The zero-order valence-electron chi connectivity index (χ0n) is 7.64. The number of thiophene rings is 1. The number of aromatic amines is 1. The van der Waals surface area contributed by atoms with Crippen molar-refractivity contribution < 1.29 is 0 Å². The normalized spacial score (nSPS) is 13.1. The van der Waals surface area contributed by atoms with Gasteiger partial charge in [0.2, 0.25) is 0 Å². The van der Waals surface area contributed by atoms with Crippen molar-refractivity contribution in [2.24, 2.45) is 0 Å². The monoisotopic (exact) mass is 190 g/mol. The van der Waals surface area contributed by atoms with E-state index in [9.17, 15) is 0 Å². The molecule has 0 aliphatic heterocycles. The summed E-state index contributed by atoms with van der Waals surface area (Å²) in [5.41, 5.74) is 3.92. The van der Waals surface area contributed by atoms with Gasteiger partial charge in [-0.1, -0.05) is 0 Å². The molecule has 0 amide bonds. The second kappa shape index (κ2) is 2.23. The maximum atomic E-state index is 4.50. The summed E-state index contributed by atoms with van der Waals surface area (Å²) in [6, 6.07) is 2.27. The average molecular weight is 190 g/mol. The lowest BCUT2D eigenvalue weighted by atomic mass is 10.2. The van der Waals surface area contributed by atoms with Crippen molar-refractivity contribution in [1.82, 2.24) is 9.97 Å². The molecule has 2 aromatic heterocycles. The van der Waals surface area contributed by atoms with Crippen molar-refractivity contribution in [2.45, 2.75) is 20.3 Å². The first kappa shape index (κ1) is 7.33. The molecule has 1 N–H and O–H groups in total. The van der Waals surface area contributed by atoms with Crippen LogP contribution in [0.5, 0.6) is 0 Å². The smallest absolute Gasteiger partial charge is 0.103 e. The lowest BCUT2D eigenvalue weighted by Crippen LogP contribution is -1.81. The minimum absolute atomic E-state index is 1.03. The summed E-state index contributed by atoms with van der Waals surface area (Å²) >= 11 is 1.85. The highest BCUT2D eigenvalue weighted by molar-refractivity contribution is 7.15. The van der Waals surface area contributed by atoms with Gasteiger partial charge in [0, 0.05) is 17.0 Å². The SMILES string of the molecule is Cc1nc2c([nH]1)Cc1cc(C)sc1-2. The van der Waals surface area contributed by atoms with Gasteiger partial charge < -0.3 is 4.98 Å². The summed E-state index contributed by atoms with van der Waals surface area (Å²) in [5.74, 6) is 1.03. The average Bonchev–Trinajstić information content (AvgIpc) is 2.60. The molecule has 1 aliphatic rings. The van der Waals surface area contributed by atoms with E-state index < -0.39 is 0 Å². The number of rotatable bonds is 0. The second-order valence-electron chi connectivity index (χ2n) is 3.54. The first-order chi connectivity index (χ1) is 6.24. The Morgan fingerprint density at radius 3 is 3.15 bits per heavy atom. The zero-order valence-corrected chi connectivity index (χ0v) is 8.46. The molecule has 13 heavy (non-hydrogen) atoms. The third-order valence-electron chi connectivity index (χ3n) is 2.41. The number of imidazole rings is 1. The number of nitrogens with one attached hydrogen (secondary N) is 1. The first-order valence-electron chi connectivity index (χ1n) is 4.39. The fourth-order valence-corrected chi connectivity index (χ4v) is 3.00. The van der Waals surface area contributed by atoms with Gasteiger partial charge in [0.05, 0.1) is 4.88 Å². The Morgan fingerprint density at radius 1 is 1.46 bits per heavy atom. The van der Waals surface area contributed by atoms with Gasteiger partial charge in [-0.3, -0.25) is 0 Å². The van der Waals surface area contributed by atoms with Gasteiger partial charge in [0.15, 0.2) is 0 Å². The van der Waals surface area contributed by atoms with E-state index in [0.717, 1.165) is 12.2 Å². The van der Waals surface area contributed by atoms with Crippen LogP contribution in [0.1, 0.15) is 22.0 Å². The minimum Gasteiger partial charge on any atom is -0.345 e. The summed E-state index contributed by atoms with van der Waals surface area (Å²) in [4.78, 5) is 10.6. The molecule has 0 atom stereocenters. The van der Waals surface area contributed by atoms with E-state index >= 15 is 0 Å². The van der Waals surface area contributed by atoms with Gasteiger partial charge in [-0.25, -0.2) is 4.98 Å². The molecule has 2 nitrogen and oxygen atoms in total. The summed E-state index contributed by atoms with van der Waals surface area (Å²) < 4.78 is 0. The largest absolute Gasteiger partial charge is 0.345 e. The van der Waals surface area contributed by atoms with Crippen LogP contribution in [0.2, 0.25) is 0 Å². The molecule has 0 saturated heterocycles. The number of nitrogens with zero attached hydrogens (tertiary/aromatic N) is 1. The molecule has 0 saturated carbocycles. The number of hydrogen-bond acceptors (Lipinski definition) is 2. The van der Waals surface area contributed by atoms with Crippen molar-refractivity contribution in [1.29, 1.82) is 0 Å². The van der Waals surface area contributed by atoms with Gasteiger partial charge in [-0.05, 0) is 25.5 Å². The lowest BCUT2D eigenvalue weighted by molar-refractivity contribution is 1.08.